The van der Waals surface area contributed by atoms with Crippen molar-refractivity contribution in [3.05, 3.63) is 68.5 Å². The zero-order valence-corrected chi connectivity index (χ0v) is 18.9. The van der Waals surface area contributed by atoms with E-state index in [0.29, 0.717) is 16.2 Å². The van der Waals surface area contributed by atoms with Crippen molar-refractivity contribution in [2.75, 3.05) is 13.2 Å². The number of ether oxygens (including phenoxy) is 2. The molecule has 0 unspecified atom stereocenters. The lowest BCUT2D eigenvalue weighted by molar-refractivity contribution is -0.145. The van der Waals surface area contributed by atoms with Crippen LogP contribution < -0.4 is 4.74 Å². The molecule has 1 saturated heterocycles. The fourth-order valence-electron chi connectivity index (χ4n) is 2.87. The van der Waals surface area contributed by atoms with Crippen molar-refractivity contribution in [1.82, 2.24) is 4.90 Å². The van der Waals surface area contributed by atoms with E-state index >= 15 is 0 Å². The normalized spacial score (nSPS) is 15.0. The van der Waals surface area contributed by atoms with E-state index in [1.54, 1.807) is 31.2 Å². The maximum absolute atomic E-state index is 12.8. The minimum atomic E-state index is -0.482. The van der Waals surface area contributed by atoms with Crippen LogP contribution in [0.15, 0.2) is 51.8 Å². The molecule has 2 aromatic carbocycles. The number of benzene rings is 2. The van der Waals surface area contributed by atoms with Crippen molar-refractivity contribution in [3.63, 3.8) is 0 Å². The second-order valence-corrected chi connectivity index (χ2v) is 8.44. The Kier molecular flexibility index (Phi) is 7.33. The first-order valence-electron chi connectivity index (χ1n) is 9.26. The van der Waals surface area contributed by atoms with Crippen molar-refractivity contribution in [1.29, 1.82) is 0 Å². The van der Waals surface area contributed by atoms with Gasteiger partial charge in [-0.1, -0.05) is 45.8 Å². The molecule has 0 N–H and O–H groups in total. The van der Waals surface area contributed by atoms with Gasteiger partial charge in [-0.3, -0.25) is 14.5 Å². The average Bonchev–Trinajstić information content (AvgIpc) is 2.95. The molecule has 6 nitrogen and oxygen atoms in total. The van der Waals surface area contributed by atoms with Gasteiger partial charge in [0, 0.05) is 10.0 Å². The molecule has 1 aliphatic rings. The summed E-state index contributed by atoms with van der Waals surface area (Å²) >= 11 is 4.28. The van der Waals surface area contributed by atoms with Crippen LogP contribution in [0.1, 0.15) is 23.6 Å². The van der Waals surface area contributed by atoms with E-state index < -0.39 is 5.97 Å². The molecule has 0 saturated carbocycles. The number of rotatable bonds is 7. The van der Waals surface area contributed by atoms with Gasteiger partial charge >= 0.3 is 5.97 Å². The number of nitrogens with zero attached hydrogens (tertiary/aromatic N) is 1. The number of aryl methyl sites for hydroxylation is 1. The van der Waals surface area contributed by atoms with Gasteiger partial charge < -0.3 is 9.47 Å². The van der Waals surface area contributed by atoms with Crippen LogP contribution in [0.2, 0.25) is 0 Å². The molecule has 0 aromatic heterocycles. The predicted octanol–water partition coefficient (Wildman–Crippen LogP) is 4.94. The molecule has 0 spiro atoms. The number of carbonyl (C=O) groups is 3. The predicted molar refractivity (Wildman–Crippen MR) is 119 cm³/mol. The smallest absolute Gasteiger partial charge is 0.344 e. The topological polar surface area (TPSA) is 72.9 Å². The fraction of sp³-hybridized carbons (Fsp3) is 0.227. The van der Waals surface area contributed by atoms with Crippen molar-refractivity contribution in [3.8, 4) is 5.75 Å². The molecule has 0 bridgehead atoms. The summed E-state index contributed by atoms with van der Waals surface area (Å²) in [6.45, 7) is 3.92. The van der Waals surface area contributed by atoms with Gasteiger partial charge in [-0.2, -0.15) is 0 Å². The summed E-state index contributed by atoms with van der Waals surface area (Å²) < 4.78 is 11.2. The molecule has 30 heavy (non-hydrogen) atoms. The Hall–Kier alpha value is -2.58. The molecule has 2 aromatic rings. The first-order valence-corrected chi connectivity index (χ1v) is 10.9. The van der Waals surface area contributed by atoms with Gasteiger partial charge in [0.05, 0.1) is 18.1 Å². The highest BCUT2D eigenvalue weighted by Crippen LogP contribution is 2.35. The molecule has 8 heteroatoms. The van der Waals surface area contributed by atoms with E-state index in [1.807, 2.05) is 31.2 Å². The molecule has 1 aliphatic heterocycles. The molecule has 0 atom stereocenters. The Balaban J connectivity index is 1.81. The van der Waals surface area contributed by atoms with E-state index in [4.69, 9.17) is 9.47 Å². The molecule has 1 heterocycles. The second-order valence-electron chi connectivity index (χ2n) is 6.53. The molecular weight excluding hydrogens is 470 g/mol. The Labute approximate surface area is 187 Å². The lowest BCUT2D eigenvalue weighted by Gasteiger charge is -2.13. The number of hydrogen-bond acceptors (Lipinski definition) is 6. The summed E-state index contributed by atoms with van der Waals surface area (Å²) in [5.74, 6) is -0.426. The standard InChI is InChI=1S/C22H20BrNO5S/c1-3-28-20(25)13-29-18-8-7-17(23)10-16(18)11-19-21(26)24(22(27)30-19)12-15-6-4-5-14(2)9-15/h4-11H,3,12-13H2,1-2H3/b19-11+. The first-order chi connectivity index (χ1) is 14.4. The van der Waals surface area contributed by atoms with Crippen LogP contribution in [0, 0.1) is 6.92 Å². The quantitative estimate of drug-likeness (QED) is 0.405. The molecule has 1 fully saturated rings. The van der Waals surface area contributed by atoms with Crippen molar-refractivity contribution >= 4 is 50.9 Å². The number of halogens is 1. The lowest BCUT2D eigenvalue weighted by Crippen LogP contribution is -2.27. The molecule has 3 rings (SSSR count). The summed E-state index contributed by atoms with van der Waals surface area (Å²) in [4.78, 5) is 38.4. The largest absolute Gasteiger partial charge is 0.481 e. The van der Waals surface area contributed by atoms with E-state index in [0.717, 1.165) is 27.4 Å². The third-order valence-electron chi connectivity index (χ3n) is 4.21. The number of hydrogen-bond donors (Lipinski definition) is 0. The highest BCUT2D eigenvalue weighted by molar-refractivity contribution is 9.10. The van der Waals surface area contributed by atoms with Gasteiger partial charge in [-0.25, -0.2) is 4.79 Å². The maximum Gasteiger partial charge on any atom is 0.344 e. The van der Waals surface area contributed by atoms with Crippen LogP contribution in [-0.2, 0) is 20.9 Å². The number of thioether (sulfide) groups is 1. The number of amides is 2. The Bertz CT molecular complexity index is 1020. The Morgan fingerprint density at radius 3 is 2.73 bits per heavy atom. The van der Waals surface area contributed by atoms with E-state index in [-0.39, 0.29) is 30.9 Å². The van der Waals surface area contributed by atoms with Gasteiger partial charge in [-0.15, -0.1) is 0 Å². The zero-order valence-electron chi connectivity index (χ0n) is 16.5. The molecule has 0 aliphatic carbocycles. The minimum absolute atomic E-state index is 0.217. The Morgan fingerprint density at radius 2 is 2.00 bits per heavy atom. The molecular formula is C22H20BrNO5S. The third kappa shape index (κ3) is 5.52. The summed E-state index contributed by atoms with van der Waals surface area (Å²) in [7, 11) is 0. The molecule has 156 valence electrons. The van der Waals surface area contributed by atoms with Gasteiger partial charge in [0.2, 0.25) is 0 Å². The van der Waals surface area contributed by atoms with Gasteiger partial charge in [0.1, 0.15) is 5.75 Å². The SMILES string of the molecule is CCOC(=O)COc1ccc(Br)cc1/C=C1/SC(=O)N(Cc2cccc(C)c2)C1=O. The summed E-state index contributed by atoms with van der Waals surface area (Å²) in [6, 6.07) is 12.9. The van der Waals surface area contributed by atoms with Crippen molar-refractivity contribution < 1.29 is 23.9 Å². The van der Waals surface area contributed by atoms with Crippen LogP contribution in [0.25, 0.3) is 6.08 Å². The van der Waals surface area contributed by atoms with Gasteiger partial charge in [0.15, 0.2) is 6.61 Å². The van der Waals surface area contributed by atoms with Crippen molar-refractivity contribution in [2.24, 2.45) is 0 Å². The average molecular weight is 490 g/mol. The van der Waals surface area contributed by atoms with E-state index in [1.165, 1.54) is 4.90 Å². The zero-order chi connectivity index (χ0) is 21.7. The number of carbonyl (C=O) groups excluding carboxylic acids is 3. The highest BCUT2D eigenvalue weighted by atomic mass is 79.9. The Morgan fingerprint density at radius 1 is 1.20 bits per heavy atom. The fourth-order valence-corrected chi connectivity index (χ4v) is 4.08. The third-order valence-corrected chi connectivity index (χ3v) is 5.61. The summed E-state index contributed by atoms with van der Waals surface area (Å²) in [5.41, 5.74) is 2.53. The lowest BCUT2D eigenvalue weighted by atomic mass is 10.1. The molecule has 2 amide bonds. The van der Waals surface area contributed by atoms with E-state index in [2.05, 4.69) is 15.9 Å². The van der Waals surface area contributed by atoms with Gasteiger partial charge in [-0.05, 0) is 55.4 Å². The first kappa shape index (κ1) is 22.1. The van der Waals surface area contributed by atoms with Crippen molar-refractivity contribution in [2.45, 2.75) is 20.4 Å². The summed E-state index contributed by atoms with van der Waals surface area (Å²) in [6.07, 6.45) is 1.60. The van der Waals surface area contributed by atoms with Crippen LogP contribution in [0.4, 0.5) is 4.79 Å². The number of imide groups is 1. The maximum atomic E-state index is 12.8. The second kappa shape index (κ2) is 9.95. The molecule has 0 radical (unpaired) electrons. The number of esters is 1. The van der Waals surface area contributed by atoms with E-state index in [9.17, 15) is 14.4 Å². The van der Waals surface area contributed by atoms with Crippen LogP contribution in [0.5, 0.6) is 5.75 Å². The van der Waals surface area contributed by atoms with Gasteiger partial charge in [0.25, 0.3) is 11.1 Å². The highest BCUT2D eigenvalue weighted by Gasteiger charge is 2.35. The summed E-state index contributed by atoms with van der Waals surface area (Å²) in [5, 5.41) is -0.322. The van der Waals surface area contributed by atoms with Crippen LogP contribution >= 0.6 is 27.7 Å². The minimum Gasteiger partial charge on any atom is -0.481 e. The monoisotopic (exact) mass is 489 g/mol. The van der Waals surface area contributed by atoms with Crippen LogP contribution in [-0.4, -0.2) is 35.2 Å². The van der Waals surface area contributed by atoms with Crippen LogP contribution in [0.3, 0.4) is 0 Å².